The molecule has 2 aliphatic rings. The second kappa shape index (κ2) is 9.39. The highest BCUT2D eigenvalue weighted by Gasteiger charge is 2.48. The van der Waals surface area contributed by atoms with Crippen LogP contribution in [0.4, 0.5) is 19.1 Å². The van der Waals surface area contributed by atoms with Gasteiger partial charge in [0.1, 0.15) is 43.2 Å². The number of fused-ring (bicyclic) bond motifs is 1. The van der Waals surface area contributed by atoms with Gasteiger partial charge in [-0.05, 0) is 18.9 Å². The van der Waals surface area contributed by atoms with E-state index in [2.05, 4.69) is 15.3 Å². The van der Waals surface area contributed by atoms with E-state index in [0.29, 0.717) is 27.1 Å². The van der Waals surface area contributed by atoms with Crippen molar-refractivity contribution in [2.24, 2.45) is 0 Å². The molecule has 2 fully saturated rings. The van der Waals surface area contributed by atoms with Crippen molar-refractivity contribution in [1.82, 2.24) is 18.8 Å². The van der Waals surface area contributed by atoms with Gasteiger partial charge in [-0.2, -0.15) is 4.98 Å². The average Bonchev–Trinajstić information content (AvgIpc) is 2.75. The van der Waals surface area contributed by atoms with Gasteiger partial charge in [0, 0.05) is 30.7 Å². The number of rotatable bonds is 5. The largest absolute Gasteiger partial charge is 0.353 e. The van der Waals surface area contributed by atoms with Crippen LogP contribution in [-0.2, 0) is 15.8 Å². The van der Waals surface area contributed by atoms with Gasteiger partial charge in [-0.25, -0.2) is 30.9 Å². The standard InChI is InChI=1S/C20H31B5F3N5O3S/c1-37(35,36)32-8-18(21,22)16(19(23,24)9-32)31-17-29-7-10-6-11(20(25,27)28)15(34)33(14(10)30-17)13-5-3-2-4-12(13)26/h6-7,12-13,16H,2-5,8-9,21-25H2,1H3,(H,29,30,31)/t12-,13-/m0/s1. The molecule has 0 aromatic carbocycles. The maximum atomic E-state index is 15.0. The summed E-state index contributed by atoms with van der Waals surface area (Å²) in [5, 5.41) is 2.51. The van der Waals surface area contributed by atoms with Crippen molar-refractivity contribution in [1.29, 1.82) is 0 Å². The number of nitrogens with zero attached hydrogens (tertiary/aromatic N) is 4. The summed E-state index contributed by atoms with van der Waals surface area (Å²) >= 11 is 0. The van der Waals surface area contributed by atoms with Crippen molar-refractivity contribution in [2.45, 2.75) is 60.2 Å². The number of pyridine rings is 1. The number of piperidine rings is 1. The Morgan fingerprint density at radius 2 is 1.73 bits per heavy atom. The number of nitrogens with one attached hydrogen (secondary N) is 1. The Morgan fingerprint density at radius 1 is 1.14 bits per heavy atom. The van der Waals surface area contributed by atoms with Gasteiger partial charge in [0.25, 0.3) is 5.56 Å². The molecule has 2 atom stereocenters. The Hall–Kier alpha value is -1.89. The molecular weight excluding hydrogens is 501 g/mol. The first-order valence-corrected chi connectivity index (χ1v) is 14.4. The molecule has 8 nitrogen and oxygen atoms in total. The van der Waals surface area contributed by atoms with Gasteiger partial charge < -0.3 is 5.32 Å². The number of anilines is 1. The van der Waals surface area contributed by atoms with Crippen LogP contribution in [0.1, 0.15) is 37.3 Å². The second-order valence-corrected chi connectivity index (χ2v) is 14.0. The Morgan fingerprint density at radius 3 is 2.27 bits per heavy atom. The van der Waals surface area contributed by atoms with Crippen molar-refractivity contribution < 1.29 is 21.6 Å². The third-order valence-electron chi connectivity index (χ3n) is 7.70. The number of aromatic nitrogens is 3. The van der Waals surface area contributed by atoms with Gasteiger partial charge in [-0.3, -0.25) is 9.36 Å². The van der Waals surface area contributed by atoms with Crippen LogP contribution in [0.3, 0.4) is 0 Å². The lowest BCUT2D eigenvalue weighted by Crippen LogP contribution is -2.60. The quantitative estimate of drug-likeness (QED) is 0.437. The molecule has 0 spiro atoms. The first-order chi connectivity index (χ1) is 16.9. The van der Waals surface area contributed by atoms with Gasteiger partial charge in [-0.1, -0.05) is 23.3 Å². The minimum Gasteiger partial charge on any atom is -0.353 e. The van der Waals surface area contributed by atoms with E-state index in [4.69, 9.17) is 0 Å². The molecule has 0 bridgehead atoms. The van der Waals surface area contributed by atoms with E-state index in [1.807, 2.05) is 31.4 Å². The van der Waals surface area contributed by atoms with Crippen LogP contribution in [0.25, 0.3) is 11.0 Å². The predicted octanol–water partition coefficient (Wildman–Crippen LogP) is -2.25. The molecule has 1 aliphatic heterocycles. The zero-order valence-electron chi connectivity index (χ0n) is 22.2. The van der Waals surface area contributed by atoms with Crippen molar-refractivity contribution in [2.75, 3.05) is 24.7 Å². The molecular formula is C20H31B5F3N5O3S. The van der Waals surface area contributed by atoms with E-state index in [-0.39, 0.29) is 42.5 Å². The SMILES string of the molecule is BC(F)(F)c1cc2cnc(NC3C(B)(B)CN(S(C)(=O)=O)CC3(B)B)nc2n([C@H]2CCCC[C@@H]2F)c1=O. The monoisotopic (exact) mass is 533 g/mol. The summed E-state index contributed by atoms with van der Waals surface area (Å²) in [5.74, 6) is -3.24. The number of hydrogen-bond donors (Lipinski definition) is 1. The molecule has 3 heterocycles. The maximum absolute atomic E-state index is 15.0. The van der Waals surface area contributed by atoms with Crippen molar-refractivity contribution in [3.05, 3.63) is 28.2 Å². The molecule has 2 aromatic rings. The van der Waals surface area contributed by atoms with Crippen molar-refractivity contribution >= 4 is 66.2 Å². The Kier molecular flexibility index (Phi) is 7.14. The van der Waals surface area contributed by atoms with Crippen LogP contribution >= 0.6 is 0 Å². The fraction of sp³-hybridized carbons (Fsp3) is 0.650. The lowest BCUT2D eigenvalue weighted by Gasteiger charge is -2.53. The van der Waals surface area contributed by atoms with E-state index in [0.717, 1.165) is 10.6 Å². The summed E-state index contributed by atoms with van der Waals surface area (Å²) in [6.07, 6.45) is 3.18. The van der Waals surface area contributed by atoms with Crippen LogP contribution in [-0.4, -0.2) is 98.0 Å². The summed E-state index contributed by atoms with van der Waals surface area (Å²) in [6, 6.07) is -0.0647. The van der Waals surface area contributed by atoms with E-state index in [9.17, 15) is 22.0 Å². The lowest BCUT2D eigenvalue weighted by molar-refractivity contribution is 0.0906. The van der Waals surface area contributed by atoms with Crippen LogP contribution in [0.15, 0.2) is 17.1 Å². The summed E-state index contributed by atoms with van der Waals surface area (Å²) in [4.78, 5) is 22.2. The van der Waals surface area contributed by atoms with Crippen molar-refractivity contribution in [3.63, 3.8) is 0 Å². The number of hydrogen-bond acceptors (Lipinski definition) is 6. The Labute approximate surface area is 219 Å². The average molecular weight is 533 g/mol. The third kappa shape index (κ3) is 5.48. The van der Waals surface area contributed by atoms with E-state index in [1.165, 1.54) is 16.8 Å². The number of halogens is 3. The highest BCUT2D eigenvalue weighted by Crippen LogP contribution is 2.44. The zero-order valence-corrected chi connectivity index (χ0v) is 23.0. The van der Waals surface area contributed by atoms with Crippen molar-refractivity contribution in [3.8, 4) is 0 Å². The fourth-order valence-electron chi connectivity index (χ4n) is 6.13. The first kappa shape index (κ1) is 28.1. The molecule has 17 heteroatoms. The van der Waals surface area contributed by atoms with Crippen LogP contribution in [0, 0.1) is 0 Å². The Balaban J connectivity index is 1.81. The summed E-state index contributed by atoms with van der Waals surface area (Å²) in [6.45, 7) is 0.567. The first-order valence-electron chi connectivity index (χ1n) is 12.6. The highest BCUT2D eigenvalue weighted by molar-refractivity contribution is 7.88. The molecule has 196 valence electrons. The second-order valence-electron chi connectivity index (χ2n) is 12.0. The van der Waals surface area contributed by atoms with E-state index < -0.39 is 49.6 Å². The molecule has 1 saturated heterocycles. The lowest BCUT2D eigenvalue weighted by atomic mass is 9.36. The smallest absolute Gasteiger partial charge is 0.260 e. The van der Waals surface area contributed by atoms with E-state index >= 15 is 4.39 Å². The van der Waals surface area contributed by atoms with Gasteiger partial charge in [0.05, 0.1) is 17.9 Å². The Bertz CT molecular complexity index is 1350. The highest BCUT2D eigenvalue weighted by atomic mass is 32.2. The molecule has 1 N–H and O–H groups in total. The van der Waals surface area contributed by atoms with Crippen LogP contribution in [0.5, 0.6) is 0 Å². The molecule has 0 amide bonds. The number of alkyl halides is 3. The topological polar surface area (TPSA) is 97.2 Å². The minimum absolute atomic E-state index is 0.106. The number of sulfonamides is 1. The summed E-state index contributed by atoms with van der Waals surface area (Å²) in [7, 11) is 5.05. The summed E-state index contributed by atoms with van der Waals surface area (Å²) < 4.78 is 70.9. The van der Waals surface area contributed by atoms with E-state index in [1.54, 1.807) is 0 Å². The minimum atomic E-state index is -3.41. The summed E-state index contributed by atoms with van der Waals surface area (Å²) in [5.41, 5.74) is -1.55. The molecule has 2 aromatic heterocycles. The molecule has 4 rings (SSSR count). The molecule has 0 unspecified atom stereocenters. The third-order valence-corrected chi connectivity index (χ3v) is 8.89. The van der Waals surface area contributed by atoms with Crippen LogP contribution in [0.2, 0.25) is 10.4 Å². The molecule has 1 aliphatic carbocycles. The predicted molar refractivity (Wildman–Crippen MR) is 152 cm³/mol. The van der Waals surface area contributed by atoms with Crippen LogP contribution < -0.4 is 10.9 Å². The normalized spacial score (nSPS) is 25.2. The maximum Gasteiger partial charge on any atom is 0.260 e. The molecule has 37 heavy (non-hydrogen) atoms. The fourth-order valence-corrected chi connectivity index (χ4v) is 7.26. The van der Waals surface area contributed by atoms with Gasteiger partial charge in [-0.15, -0.1) is 0 Å². The zero-order chi connectivity index (χ0) is 27.6. The molecule has 0 radical (unpaired) electrons. The van der Waals surface area contributed by atoms with Gasteiger partial charge in [0.15, 0.2) is 7.85 Å². The van der Waals surface area contributed by atoms with Gasteiger partial charge >= 0.3 is 0 Å². The van der Waals surface area contributed by atoms with Gasteiger partial charge in [0.2, 0.25) is 21.8 Å². The molecule has 1 saturated carbocycles.